The number of benzene rings is 1. The molecule has 76 valence electrons. The number of rotatable bonds is 2. The van der Waals surface area contributed by atoms with Crippen LogP contribution in [0, 0.1) is 13.8 Å². The van der Waals surface area contributed by atoms with Crippen molar-refractivity contribution in [1.29, 1.82) is 0 Å². The zero-order chi connectivity index (χ0) is 10.3. The second kappa shape index (κ2) is 3.25. The van der Waals surface area contributed by atoms with Gasteiger partial charge in [-0.1, -0.05) is 17.7 Å². The fourth-order valence-corrected chi connectivity index (χ4v) is 2.04. The average molecular weight is 211 g/mol. The predicted octanol–water partition coefficient (Wildman–Crippen LogP) is 3.02. The summed E-state index contributed by atoms with van der Waals surface area (Å²) < 4.78 is 0. The molecular formula is C12H15ClO. The Kier molecular flexibility index (Phi) is 2.32. The molecule has 0 spiro atoms. The van der Waals surface area contributed by atoms with Crippen LogP contribution in [0.4, 0.5) is 0 Å². The van der Waals surface area contributed by atoms with Gasteiger partial charge in [-0.15, -0.1) is 0 Å². The summed E-state index contributed by atoms with van der Waals surface area (Å²) >= 11 is 6.09. The van der Waals surface area contributed by atoms with Crippen molar-refractivity contribution in [2.75, 3.05) is 0 Å². The number of hydrogen-bond acceptors (Lipinski definition) is 1. The van der Waals surface area contributed by atoms with Crippen molar-refractivity contribution < 1.29 is 5.11 Å². The molecule has 0 atom stereocenters. The number of aliphatic hydroxyl groups is 1. The molecule has 1 aromatic rings. The second-order valence-corrected chi connectivity index (χ2v) is 4.84. The molecule has 0 amide bonds. The molecule has 0 bridgehead atoms. The number of hydrogen-bond donors (Lipinski definition) is 1. The van der Waals surface area contributed by atoms with Crippen molar-refractivity contribution in [1.82, 2.24) is 0 Å². The van der Waals surface area contributed by atoms with E-state index in [1.807, 2.05) is 19.9 Å². The van der Waals surface area contributed by atoms with Crippen molar-refractivity contribution in [2.45, 2.75) is 38.7 Å². The van der Waals surface area contributed by atoms with E-state index in [0.29, 0.717) is 0 Å². The molecule has 2 heteroatoms. The minimum Gasteiger partial charge on any atom is -0.390 e. The summed E-state index contributed by atoms with van der Waals surface area (Å²) in [7, 11) is 0. The molecule has 1 saturated carbocycles. The molecule has 1 fully saturated rings. The van der Waals surface area contributed by atoms with Crippen LogP contribution in [0.5, 0.6) is 0 Å². The van der Waals surface area contributed by atoms with Crippen molar-refractivity contribution in [3.05, 3.63) is 33.8 Å². The third-order valence-corrected chi connectivity index (χ3v) is 3.34. The van der Waals surface area contributed by atoms with Crippen LogP contribution >= 0.6 is 11.6 Å². The zero-order valence-corrected chi connectivity index (χ0v) is 9.36. The summed E-state index contributed by atoms with van der Waals surface area (Å²) in [5.41, 5.74) is 3.04. The van der Waals surface area contributed by atoms with Crippen LogP contribution in [0.3, 0.4) is 0 Å². The highest BCUT2D eigenvalue weighted by Crippen LogP contribution is 2.39. The Morgan fingerprint density at radius 3 is 2.57 bits per heavy atom. The fourth-order valence-electron chi connectivity index (χ4n) is 1.75. The molecular weight excluding hydrogens is 196 g/mol. The molecule has 14 heavy (non-hydrogen) atoms. The summed E-state index contributed by atoms with van der Waals surface area (Å²) in [4.78, 5) is 0. The Morgan fingerprint density at radius 1 is 1.36 bits per heavy atom. The molecule has 0 radical (unpaired) electrons. The summed E-state index contributed by atoms with van der Waals surface area (Å²) in [6.45, 7) is 4.05. The van der Waals surface area contributed by atoms with E-state index in [1.165, 1.54) is 11.1 Å². The minimum absolute atomic E-state index is 0.429. The van der Waals surface area contributed by atoms with Crippen molar-refractivity contribution in [3.63, 3.8) is 0 Å². The Hall–Kier alpha value is -0.530. The lowest BCUT2D eigenvalue weighted by Crippen LogP contribution is -2.12. The molecule has 1 aliphatic carbocycles. The first kappa shape index (κ1) is 10.0. The third-order valence-electron chi connectivity index (χ3n) is 2.94. The highest BCUT2D eigenvalue weighted by Gasteiger charge is 2.40. The SMILES string of the molecule is Cc1cc(Cl)c(C)c(CC2(O)CC2)c1. The standard InChI is InChI=1S/C12H15ClO/c1-8-5-10(7-12(14)3-4-12)9(2)11(13)6-8/h5-6,14H,3-4,7H2,1-2H3. The Morgan fingerprint density at radius 2 is 2.00 bits per heavy atom. The van der Waals surface area contributed by atoms with E-state index in [4.69, 9.17) is 11.6 Å². The lowest BCUT2D eigenvalue weighted by molar-refractivity contribution is 0.151. The van der Waals surface area contributed by atoms with Crippen LogP contribution in [0.2, 0.25) is 5.02 Å². The van der Waals surface area contributed by atoms with Gasteiger partial charge in [0.1, 0.15) is 0 Å². The monoisotopic (exact) mass is 210 g/mol. The van der Waals surface area contributed by atoms with Crippen LogP contribution in [0.15, 0.2) is 12.1 Å². The summed E-state index contributed by atoms with van der Waals surface area (Å²) in [5.74, 6) is 0. The quantitative estimate of drug-likeness (QED) is 0.796. The zero-order valence-electron chi connectivity index (χ0n) is 8.60. The molecule has 1 nitrogen and oxygen atoms in total. The molecule has 0 aromatic heterocycles. The topological polar surface area (TPSA) is 20.2 Å². The number of aryl methyl sites for hydroxylation is 1. The second-order valence-electron chi connectivity index (χ2n) is 4.43. The van der Waals surface area contributed by atoms with Crippen molar-refractivity contribution >= 4 is 11.6 Å². The van der Waals surface area contributed by atoms with Gasteiger partial charge in [0, 0.05) is 11.4 Å². The van der Waals surface area contributed by atoms with Crippen LogP contribution in [0.1, 0.15) is 29.5 Å². The van der Waals surface area contributed by atoms with E-state index >= 15 is 0 Å². The van der Waals surface area contributed by atoms with Crippen LogP contribution in [-0.2, 0) is 6.42 Å². The largest absolute Gasteiger partial charge is 0.390 e. The van der Waals surface area contributed by atoms with Crippen molar-refractivity contribution in [3.8, 4) is 0 Å². The van der Waals surface area contributed by atoms with E-state index < -0.39 is 5.60 Å². The van der Waals surface area contributed by atoms with Crippen LogP contribution in [0.25, 0.3) is 0 Å². The minimum atomic E-state index is -0.429. The average Bonchev–Trinajstić information content (AvgIpc) is 2.79. The maximum Gasteiger partial charge on any atom is 0.0690 e. The van der Waals surface area contributed by atoms with E-state index in [0.717, 1.165) is 29.8 Å². The molecule has 0 unspecified atom stereocenters. The molecule has 0 heterocycles. The van der Waals surface area contributed by atoms with E-state index in [2.05, 4.69) is 6.07 Å². The predicted molar refractivity (Wildman–Crippen MR) is 58.8 cm³/mol. The third kappa shape index (κ3) is 1.94. The molecule has 2 rings (SSSR count). The smallest absolute Gasteiger partial charge is 0.0690 e. The Balaban J connectivity index is 2.32. The lowest BCUT2D eigenvalue weighted by Gasteiger charge is -2.12. The van der Waals surface area contributed by atoms with E-state index in [1.54, 1.807) is 0 Å². The van der Waals surface area contributed by atoms with Gasteiger partial charge in [-0.25, -0.2) is 0 Å². The highest BCUT2D eigenvalue weighted by atomic mass is 35.5. The Bertz CT molecular complexity index is 367. The molecule has 1 aromatic carbocycles. The van der Waals surface area contributed by atoms with Gasteiger partial charge in [-0.2, -0.15) is 0 Å². The van der Waals surface area contributed by atoms with Gasteiger partial charge in [-0.3, -0.25) is 0 Å². The van der Waals surface area contributed by atoms with Crippen LogP contribution < -0.4 is 0 Å². The van der Waals surface area contributed by atoms with Gasteiger partial charge in [0.15, 0.2) is 0 Å². The van der Waals surface area contributed by atoms with E-state index in [-0.39, 0.29) is 0 Å². The maximum atomic E-state index is 9.85. The van der Waals surface area contributed by atoms with E-state index in [9.17, 15) is 5.11 Å². The summed E-state index contributed by atoms with van der Waals surface area (Å²) in [5, 5.41) is 10.7. The first-order valence-corrected chi connectivity index (χ1v) is 5.36. The molecule has 0 saturated heterocycles. The summed E-state index contributed by atoms with van der Waals surface area (Å²) in [6.07, 6.45) is 2.61. The fraction of sp³-hybridized carbons (Fsp3) is 0.500. The van der Waals surface area contributed by atoms with Gasteiger partial charge in [0.25, 0.3) is 0 Å². The Labute approximate surface area is 89.7 Å². The van der Waals surface area contributed by atoms with Gasteiger partial charge in [0.2, 0.25) is 0 Å². The van der Waals surface area contributed by atoms with Crippen molar-refractivity contribution in [2.24, 2.45) is 0 Å². The van der Waals surface area contributed by atoms with Gasteiger partial charge >= 0.3 is 0 Å². The van der Waals surface area contributed by atoms with Gasteiger partial charge < -0.3 is 5.11 Å². The maximum absolute atomic E-state index is 9.85. The van der Waals surface area contributed by atoms with Gasteiger partial charge in [0.05, 0.1) is 5.60 Å². The number of halogens is 1. The first-order valence-electron chi connectivity index (χ1n) is 4.98. The normalized spacial score (nSPS) is 18.3. The first-order chi connectivity index (χ1) is 6.50. The lowest BCUT2D eigenvalue weighted by atomic mass is 9.99. The van der Waals surface area contributed by atoms with Crippen LogP contribution in [-0.4, -0.2) is 10.7 Å². The molecule has 1 aliphatic rings. The molecule has 0 aliphatic heterocycles. The van der Waals surface area contributed by atoms with Gasteiger partial charge in [-0.05, 0) is 49.4 Å². The molecule has 1 N–H and O–H groups in total. The summed E-state index contributed by atoms with van der Waals surface area (Å²) in [6, 6.07) is 4.09. The highest BCUT2D eigenvalue weighted by molar-refractivity contribution is 6.31.